The lowest BCUT2D eigenvalue weighted by Crippen LogP contribution is -2.32. The molecule has 3 nitrogen and oxygen atoms in total. The van der Waals surface area contributed by atoms with Crippen molar-refractivity contribution >= 4 is 5.97 Å². The van der Waals surface area contributed by atoms with Crippen molar-refractivity contribution < 1.29 is 27.8 Å². The zero-order valence-electron chi connectivity index (χ0n) is 9.48. The van der Waals surface area contributed by atoms with Crippen molar-refractivity contribution in [1.29, 1.82) is 0 Å². The number of carboxylic acid groups (broad SMARTS) is 1. The Kier molecular flexibility index (Phi) is 5.15. The van der Waals surface area contributed by atoms with Crippen LogP contribution in [0.4, 0.5) is 13.2 Å². The summed E-state index contributed by atoms with van der Waals surface area (Å²) in [7, 11) is 0. The highest BCUT2D eigenvalue weighted by Gasteiger charge is 2.40. The molecule has 0 aliphatic heterocycles. The maximum absolute atomic E-state index is 12.6. The molecule has 0 bridgehead atoms. The van der Waals surface area contributed by atoms with E-state index in [9.17, 15) is 18.0 Å². The van der Waals surface area contributed by atoms with Crippen LogP contribution in [-0.2, 0) is 16.1 Å². The van der Waals surface area contributed by atoms with Crippen molar-refractivity contribution in [3.8, 4) is 0 Å². The van der Waals surface area contributed by atoms with Crippen LogP contribution in [0.3, 0.4) is 0 Å². The predicted octanol–water partition coefficient (Wildman–Crippen LogP) is 3.00. The minimum Gasteiger partial charge on any atom is -0.481 e. The number of hydrogen-bond donors (Lipinski definition) is 1. The molecule has 0 saturated heterocycles. The van der Waals surface area contributed by atoms with E-state index < -0.39 is 31.1 Å². The molecule has 0 aromatic heterocycles. The van der Waals surface area contributed by atoms with Crippen LogP contribution >= 0.6 is 0 Å². The normalized spacial score (nSPS) is 13.3. The molecular formula is C12H13F3O3. The van der Waals surface area contributed by atoms with Crippen LogP contribution in [0, 0.1) is 0 Å². The zero-order chi connectivity index (χ0) is 13.6. The summed E-state index contributed by atoms with van der Waals surface area (Å²) < 4.78 is 42.4. The van der Waals surface area contributed by atoms with Crippen molar-refractivity contribution in [2.45, 2.75) is 31.7 Å². The van der Waals surface area contributed by atoms with Gasteiger partial charge in [-0.25, -0.2) is 0 Å². The number of hydrogen-bond acceptors (Lipinski definition) is 2. The Morgan fingerprint density at radius 1 is 1.28 bits per heavy atom. The van der Waals surface area contributed by atoms with Crippen molar-refractivity contribution in [3.05, 3.63) is 35.9 Å². The number of alkyl halides is 3. The van der Waals surface area contributed by atoms with Crippen LogP contribution in [-0.4, -0.2) is 23.4 Å². The third-order valence-corrected chi connectivity index (χ3v) is 2.28. The summed E-state index contributed by atoms with van der Waals surface area (Å²) in [6.07, 6.45) is -7.75. The van der Waals surface area contributed by atoms with Crippen LogP contribution < -0.4 is 0 Å². The molecule has 100 valence electrons. The second-order valence-corrected chi connectivity index (χ2v) is 3.76. The first-order valence-electron chi connectivity index (χ1n) is 5.33. The van der Waals surface area contributed by atoms with E-state index >= 15 is 0 Å². The zero-order valence-corrected chi connectivity index (χ0v) is 9.48. The molecule has 0 saturated carbocycles. The lowest BCUT2D eigenvalue weighted by molar-refractivity contribution is -0.225. The van der Waals surface area contributed by atoms with Crippen LogP contribution in [0.25, 0.3) is 0 Å². The summed E-state index contributed by atoms with van der Waals surface area (Å²) in [6, 6.07) is 8.42. The summed E-state index contributed by atoms with van der Waals surface area (Å²) in [5, 5.41) is 8.39. The average molecular weight is 262 g/mol. The van der Waals surface area contributed by atoms with Crippen molar-refractivity contribution in [2.75, 3.05) is 0 Å². The van der Waals surface area contributed by atoms with E-state index in [2.05, 4.69) is 0 Å². The van der Waals surface area contributed by atoms with Gasteiger partial charge in [0.15, 0.2) is 6.10 Å². The molecule has 0 radical (unpaired) electrons. The molecule has 18 heavy (non-hydrogen) atoms. The maximum Gasteiger partial charge on any atom is 0.414 e. The minimum atomic E-state index is -4.55. The fourth-order valence-electron chi connectivity index (χ4n) is 1.37. The molecule has 1 atom stereocenters. The van der Waals surface area contributed by atoms with Gasteiger partial charge in [-0.05, 0) is 12.0 Å². The molecule has 1 aromatic carbocycles. The minimum absolute atomic E-state index is 0.190. The number of carboxylic acids is 1. The monoisotopic (exact) mass is 262 g/mol. The second kappa shape index (κ2) is 6.39. The first-order chi connectivity index (χ1) is 8.39. The maximum atomic E-state index is 12.6. The fraction of sp³-hybridized carbons (Fsp3) is 0.417. The molecule has 1 unspecified atom stereocenters. The van der Waals surface area contributed by atoms with Gasteiger partial charge in [-0.1, -0.05) is 30.3 Å². The van der Waals surface area contributed by atoms with Gasteiger partial charge in [0.2, 0.25) is 0 Å². The van der Waals surface area contributed by atoms with Gasteiger partial charge in [-0.15, -0.1) is 0 Å². The highest BCUT2D eigenvalue weighted by molar-refractivity contribution is 5.66. The first kappa shape index (κ1) is 14.5. The van der Waals surface area contributed by atoms with E-state index in [-0.39, 0.29) is 6.61 Å². The van der Waals surface area contributed by atoms with Crippen LogP contribution in [0.1, 0.15) is 18.4 Å². The van der Waals surface area contributed by atoms with Crippen molar-refractivity contribution in [3.63, 3.8) is 0 Å². The number of rotatable bonds is 6. The molecule has 1 N–H and O–H groups in total. The van der Waals surface area contributed by atoms with E-state index in [0.29, 0.717) is 5.56 Å². The van der Waals surface area contributed by atoms with E-state index in [1.54, 1.807) is 30.3 Å². The average Bonchev–Trinajstić information content (AvgIpc) is 2.28. The molecule has 0 amide bonds. The summed E-state index contributed by atoms with van der Waals surface area (Å²) in [5.41, 5.74) is 0.613. The summed E-state index contributed by atoms with van der Waals surface area (Å²) >= 11 is 0. The third-order valence-electron chi connectivity index (χ3n) is 2.28. The summed E-state index contributed by atoms with van der Waals surface area (Å²) in [6.45, 7) is -0.190. The van der Waals surface area contributed by atoms with Gasteiger partial charge in [-0.2, -0.15) is 13.2 Å². The van der Waals surface area contributed by atoms with Crippen LogP contribution in [0.5, 0.6) is 0 Å². The van der Waals surface area contributed by atoms with E-state index in [0.717, 1.165) is 0 Å². The Balaban J connectivity index is 2.54. The lowest BCUT2D eigenvalue weighted by atomic mass is 10.2. The van der Waals surface area contributed by atoms with Gasteiger partial charge >= 0.3 is 12.1 Å². The molecular weight excluding hydrogens is 249 g/mol. The highest BCUT2D eigenvalue weighted by Crippen LogP contribution is 2.27. The Morgan fingerprint density at radius 2 is 1.89 bits per heavy atom. The largest absolute Gasteiger partial charge is 0.481 e. The number of aliphatic carboxylic acids is 1. The number of carbonyl (C=O) groups is 1. The molecule has 0 aliphatic carbocycles. The fourth-order valence-corrected chi connectivity index (χ4v) is 1.37. The lowest BCUT2D eigenvalue weighted by Gasteiger charge is -2.20. The van der Waals surface area contributed by atoms with Gasteiger partial charge in [0.25, 0.3) is 0 Å². The molecule has 0 spiro atoms. The van der Waals surface area contributed by atoms with Crippen LogP contribution in [0.15, 0.2) is 30.3 Å². The Labute approximate surface area is 102 Å². The number of ether oxygens (including phenoxy) is 1. The van der Waals surface area contributed by atoms with Crippen LogP contribution in [0.2, 0.25) is 0 Å². The summed E-state index contributed by atoms with van der Waals surface area (Å²) in [4.78, 5) is 10.3. The van der Waals surface area contributed by atoms with Gasteiger partial charge in [0.05, 0.1) is 6.61 Å². The molecule has 1 aromatic rings. The Hall–Kier alpha value is -1.56. The second-order valence-electron chi connectivity index (χ2n) is 3.76. The van der Waals surface area contributed by atoms with Gasteiger partial charge in [-0.3, -0.25) is 4.79 Å². The van der Waals surface area contributed by atoms with Crippen molar-refractivity contribution in [2.24, 2.45) is 0 Å². The van der Waals surface area contributed by atoms with E-state index in [4.69, 9.17) is 9.84 Å². The highest BCUT2D eigenvalue weighted by atomic mass is 19.4. The third kappa shape index (κ3) is 5.18. The van der Waals surface area contributed by atoms with E-state index in [1.165, 1.54) is 0 Å². The number of halogens is 3. The van der Waals surface area contributed by atoms with Crippen molar-refractivity contribution in [1.82, 2.24) is 0 Å². The van der Waals surface area contributed by atoms with E-state index in [1.807, 2.05) is 0 Å². The molecule has 6 heteroatoms. The van der Waals surface area contributed by atoms with Gasteiger partial charge < -0.3 is 9.84 Å². The Morgan fingerprint density at radius 3 is 2.39 bits per heavy atom. The predicted molar refractivity (Wildman–Crippen MR) is 57.9 cm³/mol. The standard InChI is InChI=1S/C12H13F3O3/c13-12(14,15)10(6-7-11(16)17)18-8-9-4-2-1-3-5-9/h1-5,10H,6-8H2,(H,16,17). The molecule has 0 aliphatic rings. The van der Waals surface area contributed by atoms with Gasteiger partial charge in [0, 0.05) is 6.42 Å². The first-order valence-corrected chi connectivity index (χ1v) is 5.33. The topological polar surface area (TPSA) is 46.5 Å². The molecule has 0 heterocycles. The number of benzene rings is 1. The molecule has 0 fully saturated rings. The Bertz CT molecular complexity index is 376. The smallest absolute Gasteiger partial charge is 0.414 e. The SMILES string of the molecule is O=C(O)CCC(OCc1ccccc1)C(F)(F)F. The quantitative estimate of drug-likeness (QED) is 0.857. The van der Waals surface area contributed by atoms with Gasteiger partial charge in [0.1, 0.15) is 0 Å². The summed E-state index contributed by atoms with van der Waals surface area (Å²) in [5.74, 6) is -1.27. The molecule has 1 rings (SSSR count).